The smallest absolute Gasteiger partial charge is 0.0594 e. The van der Waals surface area contributed by atoms with E-state index in [1.807, 2.05) is 0 Å². The van der Waals surface area contributed by atoms with Crippen LogP contribution in [0.25, 0.3) is 0 Å². The first-order valence-corrected chi connectivity index (χ1v) is 8.03. The monoisotopic (exact) mass is 274 g/mol. The second-order valence-electron chi connectivity index (χ2n) is 6.12. The molecule has 1 aliphatic carbocycles. The Morgan fingerprint density at radius 2 is 1.75 bits per heavy atom. The molecule has 3 nitrogen and oxygen atoms in total. The molecule has 1 saturated carbocycles. The Labute approximate surface area is 122 Å². The molecule has 1 aromatic carbocycles. The molecule has 1 heterocycles. The minimum absolute atomic E-state index is 0.876. The average Bonchev–Trinajstić information content (AvgIpc) is 3.01. The van der Waals surface area contributed by atoms with Crippen LogP contribution in [-0.2, 0) is 11.3 Å². The Balaban J connectivity index is 1.46. The van der Waals surface area contributed by atoms with Crippen molar-refractivity contribution in [2.24, 2.45) is 5.92 Å². The maximum Gasteiger partial charge on any atom is 0.0594 e. The first-order chi connectivity index (χ1) is 9.90. The maximum atomic E-state index is 5.39. The molecule has 0 bridgehead atoms. The van der Waals surface area contributed by atoms with Crippen molar-refractivity contribution in [3.8, 4) is 0 Å². The van der Waals surface area contributed by atoms with Crippen LogP contribution in [0.5, 0.6) is 0 Å². The molecule has 0 amide bonds. The zero-order valence-corrected chi connectivity index (χ0v) is 12.3. The number of rotatable bonds is 5. The van der Waals surface area contributed by atoms with Gasteiger partial charge in [-0.3, -0.25) is 4.90 Å². The van der Waals surface area contributed by atoms with Gasteiger partial charge in [0.15, 0.2) is 0 Å². The lowest BCUT2D eigenvalue weighted by Gasteiger charge is -2.26. The molecule has 1 aromatic rings. The zero-order chi connectivity index (χ0) is 13.6. The van der Waals surface area contributed by atoms with E-state index in [1.54, 1.807) is 0 Å². The number of ether oxygens (including phenoxy) is 1. The number of benzene rings is 1. The molecule has 20 heavy (non-hydrogen) atoms. The molecule has 0 aromatic heterocycles. The molecule has 2 fully saturated rings. The Kier molecular flexibility index (Phi) is 4.93. The molecule has 1 saturated heterocycles. The molecule has 1 aliphatic heterocycles. The number of morpholine rings is 1. The summed E-state index contributed by atoms with van der Waals surface area (Å²) in [6.07, 6.45) is 5.65. The van der Waals surface area contributed by atoms with Crippen molar-refractivity contribution < 1.29 is 4.74 Å². The van der Waals surface area contributed by atoms with Crippen LogP contribution in [0.4, 0.5) is 5.69 Å². The van der Waals surface area contributed by atoms with Gasteiger partial charge in [-0.15, -0.1) is 0 Å². The van der Waals surface area contributed by atoms with Gasteiger partial charge in [-0.05, 0) is 36.5 Å². The number of nitrogens with one attached hydrogen (secondary N) is 1. The van der Waals surface area contributed by atoms with E-state index < -0.39 is 0 Å². The van der Waals surface area contributed by atoms with Crippen molar-refractivity contribution >= 4 is 5.69 Å². The van der Waals surface area contributed by atoms with E-state index in [0.29, 0.717) is 0 Å². The second-order valence-corrected chi connectivity index (χ2v) is 6.12. The summed E-state index contributed by atoms with van der Waals surface area (Å²) in [6.45, 7) is 6.06. The normalized spacial score (nSPS) is 21.2. The highest BCUT2D eigenvalue weighted by molar-refractivity contribution is 5.44. The van der Waals surface area contributed by atoms with Crippen molar-refractivity contribution in [2.45, 2.75) is 32.2 Å². The Morgan fingerprint density at radius 1 is 1.05 bits per heavy atom. The van der Waals surface area contributed by atoms with E-state index in [2.05, 4.69) is 34.5 Å². The predicted octanol–water partition coefficient (Wildman–Crippen LogP) is 3.12. The van der Waals surface area contributed by atoms with Crippen LogP contribution in [-0.4, -0.2) is 37.7 Å². The van der Waals surface area contributed by atoms with Crippen molar-refractivity contribution in [1.82, 2.24) is 4.90 Å². The summed E-state index contributed by atoms with van der Waals surface area (Å²) >= 11 is 0. The summed E-state index contributed by atoms with van der Waals surface area (Å²) < 4.78 is 5.39. The summed E-state index contributed by atoms with van der Waals surface area (Å²) in [5.41, 5.74) is 2.67. The van der Waals surface area contributed by atoms with E-state index in [9.17, 15) is 0 Å². The molecule has 0 radical (unpaired) electrons. The maximum absolute atomic E-state index is 5.39. The molecule has 3 rings (SSSR count). The third-order valence-electron chi connectivity index (χ3n) is 4.53. The lowest BCUT2D eigenvalue weighted by atomic mass is 10.1. The van der Waals surface area contributed by atoms with Gasteiger partial charge in [-0.1, -0.05) is 25.0 Å². The number of hydrogen-bond acceptors (Lipinski definition) is 3. The lowest BCUT2D eigenvalue weighted by Crippen LogP contribution is -2.35. The van der Waals surface area contributed by atoms with Crippen molar-refractivity contribution in [1.29, 1.82) is 0 Å². The first kappa shape index (κ1) is 13.9. The third kappa shape index (κ3) is 3.97. The van der Waals surface area contributed by atoms with E-state index in [1.165, 1.54) is 36.9 Å². The van der Waals surface area contributed by atoms with Crippen molar-refractivity contribution in [2.75, 3.05) is 38.2 Å². The minimum atomic E-state index is 0.876. The van der Waals surface area contributed by atoms with Crippen molar-refractivity contribution in [3.63, 3.8) is 0 Å². The number of anilines is 1. The van der Waals surface area contributed by atoms with E-state index in [4.69, 9.17) is 4.74 Å². The molecule has 2 aliphatic rings. The SMILES string of the molecule is c1cc(NCC2CCCC2)ccc1CN1CCOCC1. The van der Waals surface area contributed by atoms with Crippen LogP contribution in [0.15, 0.2) is 24.3 Å². The topological polar surface area (TPSA) is 24.5 Å². The summed E-state index contributed by atoms with van der Waals surface area (Å²) in [6, 6.07) is 8.97. The summed E-state index contributed by atoms with van der Waals surface area (Å²) in [7, 11) is 0. The van der Waals surface area contributed by atoms with Crippen molar-refractivity contribution in [3.05, 3.63) is 29.8 Å². The molecule has 0 atom stereocenters. The zero-order valence-electron chi connectivity index (χ0n) is 12.3. The third-order valence-corrected chi connectivity index (χ3v) is 4.53. The molecule has 0 spiro atoms. The minimum Gasteiger partial charge on any atom is -0.385 e. The standard InChI is InChI=1S/C17H26N2O/c1-2-4-15(3-1)13-18-17-7-5-16(6-8-17)14-19-9-11-20-12-10-19/h5-8,15,18H,1-4,9-14H2. The molecular formula is C17H26N2O. The van der Waals surface area contributed by atoms with Gasteiger partial charge in [0.2, 0.25) is 0 Å². The van der Waals surface area contributed by atoms with Crippen LogP contribution in [0.1, 0.15) is 31.2 Å². The van der Waals surface area contributed by atoms with E-state index >= 15 is 0 Å². The number of hydrogen-bond donors (Lipinski definition) is 1. The average molecular weight is 274 g/mol. The highest BCUT2D eigenvalue weighted by Crippen LogP contribution is 2.25. The van der Waals surface area contributed by atoms with Gasteiger partial charge in [0.1, 0.15) is 0 Å². The van der Waals surface area contributed by atoms with E-state index in [-0.39, 0.29) is 0 Å². The molecular weight excluding hydrogens is 248 g/mol. The summed E-state index contributed by atoms with van der Waals surface area (Å²) in [5.74, 6) is 0.892. The molecule has 3 heteroatoms. The quantitative estimate of drug-likeness (QED) is 0.893. The summed E-state index contributed by atoms with van der Waals surface area (Å²) in [4.78, 5) is 2.46. The summed E-state index contributed by atoms with van der Waals surface area (Å²) in [5, 5.41) is 3.58. The predicted molar refractivity (Wildman–Crippen MR) is 83.0 cm³/mol. The largest absolute Gasteiger partial charge is 0.385 e. The second kappa shape index (κ2) is 7.09. The van der Waals surface area contributed by atoms with Gasteiger partial charge < -0.3 is 10.1 Å². The van der Waals surface area contributed by atoms with Crippen LogP contribution in [0.3, 0.4) is 0 Å². The number of nitrogens with zero attached hydrogens (tertiary/aromatic N) is 1. The van der Waals surface area contributed by atoms with Crippen LogP contribution >= 0.6 is 0 Å². The van der Waals surface area contributed by atoms with Gasteiger partial charge in [0, 0.05) is 31.9 Å². The van der Waals surface area contributed by atoms with Gasteiger partial charge >= 0.3 is 0 Å². The van der Waals surface area contributed by atoms with Crippen LogP contribution in [0, 0.1) is 5.92 Å². The molecule has 1 N–H and O–H groups in total. The molecule has 0 unspecified atom stereocenters. The fraction of sp³-hybridized carbons (Fsp3) is 0.647. The molecule has 110 valence electrons. The van der Waals surface area contributed by atoms with Gasteiger partial charge in [0.25, 0.3) is 0 Å². The van der Waals surface area contributed by atoms with E-state index in [0.717, 1.165) is 45.3 Å². The van der Waals surface area contributed by atoms with Crippen LogP contribution < -0.4 is 5.32 Å². The highest BCUT2D eigenvalue weighted by atomic mass is 16.5. The Bertz CT molecular complexity index is 392. The fourth-order valence-electron chi connectivity index (χ4n) is 3.22. The van der Waals surface area contributed by atoms with Crippen LogP contribution in [0.2, 0.25) is 0 Å². The van der Waals surface area contributed by atoms with Gasteiger partial charge in [-0.2, -0.15) is 0 Å². The fourth-order valence-corrected chi connectivity index (χ4v) is 3.22. The first-order valence-electron chi connectivity index (χ1n) is 8.03. The Hall–Kier alpha value is -1.06. The van der Waals surface area contributed by atoms with Gasteiger partial charge in [-0.25, -0.2) is 0 Å². The Morgan fingerprint density at radius 3 is 2.45 bits per heavy atom. The van der Waals surface area contributed by atoms with Gasteiger partial charge in [0.05, 0.1) is 13.2 Å². The lowest BCUT2D eigenvalue weighted by molar-refractivity contribution is 0.0342. The highest BCUT2D eigenvalue weighted by Gasteiger charge is 2.14.